The maximum absolute atomic E-state index is 5.63. The third-order valence-corrected chi connectivity index (χ3v) is 2.36. The Morgan fingerprint density at radius 1 is 1.12 bits per heavy atom. The van der Waals surface area contributed by atoms with E-state index in [-0.39, 0.29) is 5.95 Å². The van der Waals surface area contributed by atoms with E-state index in [0.29, 0.717) is 11.5 Å². The number of rotatable bonds is 2. The predicted molar refractivity (Wildman–Crippen MR) is 65.8 cm³/mol. The van der Waals surface area contributed by atoms with Gasteiger partial charge in [0.1, 0.15) is 5.82 Å². The summed E-state index contributed by atoms with van der Waals surface area (Å²) < 4.78 is 0. The van der Waals surface area contributed by atoms with Crippen LogP contribution in [0.1, 0.15) is 0 Å². The zero-order chi connectivity index (χ0) is 11.7. The van der Waals surface area contributed by atoms with Gasteiger partial charge in [-0.3, -0.25) is 5.10 Å². The molecule has 17 heavy (non-hydrogen) atoms. The summed E-state index contributed by atoms with van der Waals surface area (Å²) in [5.41, 5.74) is 7.19. The molecule has 2 heterocycles. The summed E-state index contributed by atoms with van der Waals surface area (Å²) in [6, 6.07) is 9.74. The number of fused-ring (bicyclic) bond motifs is 1. The first-order chi connectivity index (χ1) is 8.33. The van der Waals surface area contributed by atoms with Gasteiger partial charge >= 0.3 is 0 Å². The van der Waals surface area contributed by atoms with Crippen LogP contribution in [0.5, 0.6) is 0 Å². The number of nitrogens with two attached hydrogens (primary N) is 1. The molecule has 0 spiro atoms. The number of aromatic nitrogens is 4. The molecule has 3 rings (SSSR count). The Balaban J connectivity index is 2.08. The summed E-state index contributed by atoms with van der Waals surface area (Å²) >= 11 is 0. The van der Waals surface area contributed by atoms with Crippen LogP contribution < -0.4 is 11.1 Å². The quantitative estimate of drug-likeness (QED) is 0.618. The second-order valence-corrected chi connectivity index (χ2v) is 3.55. The first kappa shape index (κ1) is 9.59. The maximum Gasteiger partial charge on any atom is 0.224 e. The lowest BCUT2D eigenvalue weighted by Gasteiger charge is -2.06. The normalized spacial score (nSPS) is 10.6. The van der Waals surface area contributed by atoms with E-state index in [1.165, 1.54) is 0 Å². The number of nitrogens with zero attached hydrogens (tertiary/aromatic N) is 3. The Bertz CT molecular complexity index is 645. The second-order valence-electron chi connectivity index (χ2n) is 3.55. The van der Waals surface area contributed by atoms with E-state index in [1.54, 1.807) is 6.20 Å². The van der Waals surface area contributed by atoms with Crippen molar-refractivity contribution in [1.29, 1.82) is 0 Å². The fourth-order valence-electron chi connectivity index (χ4n) is 1.61. The molecule has 0 aliphatic rings. The minimum atomic E-state index is 0.209. The average molecular weight is 226 g/mol. The molecule has 0 radical (unpaired) electrons. The van der Waals surface area contributed by atoms with Crippen molar-refractivity contribution in [3.8, 4) is 0 Å². The van der Waals surface area contributed by atoms with Gasteiger partial charge in [0, 0.05) is 5.69 Å². The third kappa shape index (κ3) is 1.76. The lowest BCUT2D eigenvalue weighted by Crippen LogP contribution is -2.00. The molecule has 0 atom stereocenters. The molecule has 1 aromatic carbocycles. The van der Waals surface area contributed by atoms with Crippen LogP contribution >= 0.6 is 0 Å². The van der Waals surface area contributed by atoms with Crippen LogP contribution in [0.25, 0.3) is 11.0 Å². The van der Waals surface area contributed by atoms with Crippen molar-refractivity contribution in [3.63, 3.8) is 0 Å². The summed E-state index contributed by atoms with van der Waals surface area (Å²) in [5.74, 6) is 0.854. The van der Waals surface area contributed by atoms with Crippen molar-refractivity contribution in [1.82, 2.24) is 20.2 Å². The topological polar surface area (TPSA) is 92.5 Å². The molecule has 0 aliphatic carbocycles. The standard InChI is InChI=1S/C11H10N6/c12-11-15-9(8-6-13-17-10(8)16-11)14-7-4-2-1-3-5-7/h1-6H,(H4,12,13,14,15,16,17). The Labute approximate surface area is 96.9 Å². The van der Waals surface area contributed by atoms with Crippen molar-refractivity contribution in [3.05, 3.63) is 36.5 Å². The zero-order valence-corrected chi connectivity index (χ0v) is 8.88. The lowest BCUT2D eigenvalue weighted by molar-refractivity contribution is 1.09. The molecule has 6 heteroatoms. The van der Waals surface area contributed by atoms with Gasteiger partial charge in [-0.25, -0.2) is 0 Å². The molecule has 0 fully saturated rings. The van der Waals surface area contributed by atoms with Crippen LogP contribution in [-0.2, 0) is 0 Å². The second kappa shape index (κ2) is 3.75. The molecule has 84 valence electrons. The first-order valence-corrected chi connectivity index (χ1v) is 5.11. The fraction of sp³-hybridized carbons (Fsp3) is 0. The van der Waals surface area contributed by atoms with Crippen molar-refractivity contribution in [2.75, 3.05) is 11.1 Å². The predicted octanol–water partition coefficient (Wildman–Crippen LogP) is 1.68. The highest BCUT2D eigenvalue weighted by Crippen LogP contribution is 2.22. The maximum atomic E-state index is 5.63. The minimum absolute atomic E-state index is 0.209. The van der Waals surface area contributed by atoms with Gasteiger partial charge in [0.2, 0.25) is 5.95 Å². The highest BCUT2D eigenvalue weighted by atomic mass is 15.2. The monoisotopic (exact) mass is 226 g/mol. The number of hydrogen-bond donors (Lipinski definition) is 3. The SMILES string of the molecule is Nc1nc(Nc2ccccc2)c2cn[nH]c2n1. The molecule has 0 bridgehead atoms. The van der Waals surface area contributed by atoms with Gasteiger partial charge < -0.3 is 11.1 Å². The molecule has 6 nitrogen and oxygen atoms in total. The highest BCUT2D eigenvalue weighted by Gasteiger charge is 2.07. The molecule has 0 unspecified atom stereocenters. The number of anilines is 3. The Kier molecular flexibility index (Phi) is 2.11. The van der Waals surface area contributed by atoms with Crippen LogP contribution in [0.4, 0.5) is 17.5 Å². The summed E-state index contributed by atoms with van der Waals surface area (Å²) in [6.07, 6.45) is 1.67. The van der Waals surface area contributed by atoms with Gasteiger partial charge in [-0.05, 0) is 12.1 Å². The molecule has 0 saturated heterocycles. The van der Waals surface area contributed by atoms with E-state index in [2.05, 4.69) is 25.5 Å². The third-order valence-electron chi connectivity index (χ3n) is 2.36. The van der Waals surface area contributed by atoms with Crippen LogP contribution in [0.2, 0.25) is 0 Å². The molecule has 0 aliphatic heterocycles. The van der Waals surface area contributed by atoms with Gasteiger partial charge in [0.05, 0.1) is 11.6 Å². The van der Waals surface area contributed by atoms with Crippen molar-refractivity contribution < 1.29 is 0 Å². The Hall–Kier alpha value is -2.63. The van der Waals surface area contributed by atoms with E-state index in [0.717, 1.165) is 11.1 Å². The van der Waals surface area contributed by atoms with Gasteiger partial charge in [-0.2, -0.15) is 15.1 Å². The average Bonchev–Trinajstić information content (AvgIpc) is 2.78. The largest absolute Gasteiger partial charge is 0.368 e. The number of benzene rings is 1. The van der Waals surface area contributed by atoms with E-state index >= 15 is 0 Å². The first-order valence-electron chi connectivity index (χ1n) is 5.11. The zero-order valence-electron chi connectivity index (χ0n) is 8.88. The molecule has 0 saturated carbocycles. The fourth-order valence-corrected chi connectivity index (χ4v) is 1.61. The number of aromatic amines is 1. The summed E-state index contributed by atoms with van der Waals surface area (Å²) in [5, 5.41) is 10.7. The number of para-hydroxylation sites is 1. The molecule has 3 aromatic rings. The van der Waals surface area contributed by atoms with Crippen molar-refractivity contribution >= 4 is 28.5 Å². The van der Waals surface area contributed by atoms with Gasteiger partial charge in [0.25, 0.3) is 0 Å². The van der Waals surface area contributed by atoms with Crippen LogP contribution in [0.3, 0.4) is 0 Å². The summed E-state index contributed by atoms with van der Waals surface area (Å²) in [6.45, 7) is 0. The van der Waals surface area contributed by atoms with E-state index in [1.807, 2.05) is 30.3 Å². The van der Waals surface area contributed by atoms with Gasteiger partial charge in [-0.15, -0.1) is 0 Å². The van der Waals surface area contributed by atoms with Gasteiger partial charge in [-0.1, -0.05) is 18.2 Å². The molecule has 0 amide bonds. The number of H-pyrrole nitrogens is 1. The molecular weight excluding hydrogens is 216 g/mol. The summed E-state index contributed by atoms with van der Waals surface area (Å²) in [4.78, 5) is 8.21. The van der Waals surface area contributed by atoms with Crippen LogP contribution in [0.15, 0.2) is 36.5 Å². The smallest absolute Gasteiger partial charge is 0.224 e. The van der Waals surface area contributed by atoms with E-state index < -0.39 is 0 Å². The van der Waals surface area contributed by atoms with Crippen LogP contribution in [-0.4, -0.2) is 20.2 Å². The van der Waals surface area contributed by atoms with E-state index in [4.69, 9.17) is 5.73 Å². The molecular formula is C11H10N6. The van der Waals surface area contributed by atoms with E-state index in [9.17, 15) is 0 Å². The highest BCUT2D eigenvalue weighted by molar-refractivity contribution is 5.88. The lowest BCUT2D eigenvalue weighted by atomic mass is 10.3. The Morgan fingerprint density at radius 3 is 2.76 bits per heavy atom. The van der Waals surface area contributed by atoms with Crippen LogP contribution in [0, 0.1) is 0 Å². The van der Waals surface area contributed by atoms with Crippen molar-refractivity contribution in [2.45, 2.75) is 0 Å². The molecule has 4 N–H and O–H groups in total. The number of nitrogen functional groups attached to an aromatic ring is 1. The summed E-state index contributed by atoms with van der Waals surface area (Å²) in [7, 11) is 0. The Morgan fingerprint density at radius 2 is 1.94 bits per heavy atom. The molecule has 2 aromatic heterocycles. The van der Waals surface area contributed by atoms with Crippen molar-refractivity contribution in [2.24, 2.45) is 0 Å². The minimum Gasteiger partial charge on any atom is -0.368 e. The number of hydrogen-bond acceptors (Lipinski definition) is 5. The number of nitrogens with one attached hydrogen (secondary N) is 2. The van der Waals surface area contributed by atoms with Gasteiger partial charge in [0.15, 0.2) is 5.65 Å².